The Hall–Kier alpha value is -3.46. The smallest absolute Gasteiger partial charge is 0.226 e. The molecule has 0 saturated carbocycles. The van der Waals surface area contributed by atoms with Crippen molar-refractivity contribution in [2.45, 2.75) is 32.4 Å². The Labute approximate surface area is 241 Å². The summed E-state index contributed by atoms with van der Waals surface area (Å²) < 4.78 is 16.1. The number of anilines is 1. The van der Waals surface area contributed by atoms with E-state index in [4.69, 9.17) is 35.4 Å². The van der Waals surface area contributed by atoms with Gasteiger partial charge in [-0.3, -0.25) is 9.78 Å². The van der Waals surface area contributed by atoms with Crippen molar-refractivity contribution < 1.29 is 9.18 Å². The van der Waals surface area contributed by atoms with E-state index in [9.17, 15) is 9.18 Å². The Bertz CT molecular complexity index is 1540. The van der Waals surface area contributed by atoms with Crippen molar-refractivity contribution in [3.63, 3.8) is 0 Å². The van der Waals surface area contributed by atoms with Crippen LogP contribution in [0.2, 0.25) is 10.0 Å². The van der Waals surface area contributed by atoms with Gasteiger partial charge in [-0.25, -0.2) is 4.39 Å². The van der Waals surface area contributed by atoms with Crippen molar-refractivity contribution in [2.75, 3.05) is 11.9 Å². The molecule has 3 heterocycles. The Kier molecular flexibility index (Phi) is 7.88. The second-order valence-electron chi connectivity index (χ2n) is 9.33. The molecule has 1 fully saturated rings. The number of hydrogen-bond acceptors (Lipinski definition) is 3. The Morgan fingerprint density at radius 1 is 1.10 bits per heavy atom. The van der Waals surface area contributed by atoms with Crippen LogP contribution in [-0.2, 0) is 4.79 Å². The third-order valence-electron chi connectivity index (χ3n) is 6.89. The lowest BCUT2D eigenvalue weighted by molar-refractivity contribution is -0.116. The van der Waals surface area contributed by atoms with Gasteiger partial charge in [0.2, 0.25) is 5.91 Å². The standard InChI is InChI=1S/C29H26Cl2FN5OS/c1-17-16-19(18(2)37(17)24-12-7-8-20(30)26(24)31)28-27(23-11-5-6-14-33-23)35-29(39)36(28)15-13-25(38)34-22-10-4-3-9-21(22)32/h3-12,14,16,27-28H,13,15H2,1-2H3,(H,34,38)(H,35,39)/t27-,28+/m1/s1. The molecule has 0 unspecified atom stereocenters. The molecule has 10 heteroatoms. The van der Waals surface area contributed by atoms with E-state index in [1.165, 1.54) is 12.1 Å². The molecule has 2 atom stereocenters. The summed E-state index contributed by atoms with van der Waals surface area (Å²) in [6.07, 6.45) is 1.86. The first-order valence-corrected chi connectivity index (χ1v) is 13.6. The highest BCUT2D eigenvalue weighted by atomic mass is 35.5. The largest absolute Gasteiger partial charge is 0.352 e. The van der Waals surface area contributed by atoms with Crippen molar-refractivity contribution >= 4 is 52.1 Å². The first kappa shape index (κ1) is 27.1. The monoisotopic (exact) mass is 581 g/mol. The van der Waals surface area contributed by atoms with E-state index in [-0.39, 0.29) is 30.1 Å². The minimum atomic E-state index is -0.482. The maximum Gasteiger partial charge on any atom is 0.226 e. The number of carbonyl (C=O) groups excluding carboxylic acids is 1. The average molecular weight is 583 g/mol. The Morgan fingerprint density at radius 2 is 1.87 bits per heavy atom. The van der Waals surface area contributed by atoms with Crippen LogP contribution in [-0.4, -0.2) is 32.0 Å². The van der Waals surface area contributed by atoms with Gasteiger partial charge in [-0.05, 0) is 74.1 Å². The molecule has 4 aromatic rings. The summed E-state index contributed by atoms with van der Waals surface area (Å²) in [6.45, 7) is 4.36. The van der Waals surface area contributed by atoms with E-state index in [2.05, 4.69) is 26.3 Å². The number of pyridine rings is 1. The zero-order valence-corrected chi connectivity index (χ0v) is 23.6. The van der Waals surface area contributed by atoms with Gasteiger partial charge in [0.05, 0.1) is 39.2 Å². The predicted molar refractivity (Wildman–Crippen MR) is 157 cm³/mol. The zero-order valence-electron chi connectivity index (χ0n) is 21.3. The number of nitrogens with one attached hydrogen (secondary N) is 2. The number of hydrogen-bond donors (Lipinski definition) is 2. The van der Waals surface area contributed by atoms with Crippen molar-refractivity contribution in [2.24, 2.45) is 0 Å². The number of thiocarbonyl (C=S) groups is 1. The lowest BCUT2D eigenvalue weighted by Crippen LogP contribution is -2.33. The van der Waals surface area contributed by atoms with Crippen molar-refractivity contribution in [1.29, 1.82) is 0 Å². The summed E-state index contributed by atoms with van der Waals surface area (Å²) in [5.41, 5.74) is 4.71. The fraction of sp³-hybridized carbons (Fsp3) is 0.207. The Balaban J connectivity index is 1.50. The predicted octanol–water partition coefficient (Wildman–Crippen LogP) is 6.94. The summed E-state index contributed by atoms with van der Waals surface area (Å²) in [5.74, 6) is -0.788. The molecule has 2 aromatic heterocycles. The minimum Gasteiger partial charge on any atom is -0.352 e. The van der Waals surface area contributed by atoms with Crippen LogP contribution in [0, 0.1) is 19.7 Å². The van der Waals surface area contributed by atoms with Gasteiger partial charge in [-0.15, -0.1) is 0 Å². The molecule has 1 saturated heterocycles. The highest BCUT2D eigenvalue weighted by Gasteiger charge is 2.41. The van der Waals surface area contributed by atoms with Crippen molar-refractivity contribution in [1.82, 2.24) is 19.8 Å². The van der Waals surface area contributed by atoms with Crippen LogP contribution >= 0.6 is 35.4 Å². The molecule has 0 spiro atoms. The van der Waals surface area contributed by atoms with Gasteiger partial charge in [-0.1, -0.05) is 47.5 Å². The molecule has 0 aliphatic carbocycles. The van der Waals surface area contributed by atoms with Gasteiger partial charge in [0.25, 0.3) is 0 Å². The number of nitrogens with zero attached hydrogens (tertiary/aromatic N) is 3. The van der Waals surface area contributed by atoms with E-state index in [0.717, 1.165) is 28.3 Å². The number of rotatable bonds is 7. The zero-order chi connectivity index (χ0) is 27.7. The summed E-state index contributed by atoms with van der Waals surface area (Å²) in [4.78, 5) is 19.4. The molecule has 1 aliphatic rings. The van der Waals surface area contributed by atoms with Crippen LogP contribution in [0.25, 0.3) is 5.69 Å². The fourth-order valence-electron chi connectivity index (χ4n) is 5.10. The molecule has 0 bridgehead atoms. The summed E-state index contributed by atoms with van der Waals surface area (Å²) >= 11 is 18.7. The first-order valence-electron chi connectivity index (χ1n) is 12.4. The van der Waals surface area contributed by atoms with Crippen LogP contribution in [0.15, 0.2) is 72.9 Å². The molecule has 2 N–H and O–H groups in total. The molecule has 2 aromatic carbocycles. The van der Waals surface area contributed by atoms with Gasteiger partial charge < -0.3 is 20.1 Å². The third kappa shape index (κ3) is 5.37. The lowest BCUT2D eigenvalue weighted by Gasteiger charge is -2.28. The van der Waals surface area contributed by atoms with E-state index in [1.54, 1.807) is 24.4 Å². The molecular weight excluding hydrogens is 556 g/mol. The van der Waals surface area contributed by atoms with E-state index in [1.807, 2.05) is 49.1 Å². The van der Waals surface area contributed by atoms with Gasteiger partial charge in [-0.2, -0.15) is 0 Å². The fourth-order valence-corrected chi connectivity index (χ4v) is 5.82. The maximum atomic E-state index is 14.1. The highest BCUT2D eigenvalue weighted by molar-refractivity contribution is 7.80. The second kappa shape index (κ2) is 11.3. The van der Waals surface area contributed by atoms with Gasteiger partial charge in [0.15, 0.2) is 5.11 Å². The van der Waals surface area contributed by atoms with E-state index >= 15 is 0 Å². The quantitative estimate of drug-likeness (QED) is 0.231. The number of halogens is 3. The lowest BCUT2D eigenvalue weighted by atomic mass is 9.96. The maximum absolute atomic E-state index is 14.1. The number of benzene rings is 2. The molecule has 200 valence electrons. The first-order chi connectivity index (χ1) is 18.8. The molecule has 0 radical (unpaired) electrons. The summed E-state index contributed by atoms with van der Waals surface area (Å²) in [7, 11) is 0. The number of carbonyl (C=O) groups is 1. The number of aromatic nitrogens is 2. The molecule has 39 heavy (non-hydrogen) atoms. The third-order valence-corrected chi connectivity index (χ3v) is 8.05. The van der Waals surface area contributed by atoms with Gasteiger partial charge in [0.1, 0.15) is 5.82 Å². The van der Waals surface area contributed by atoms with Crippen LogP contribution in [0.4, 0.5) is 10.1 Å². The van der Waals surface area contributed by atoms with Crippen LogP contribution in [0.5, 0.6) is 0 Å². The van der Waals surface area contributed by atoms with Crippen LogP contribution < -0.4 is 10.6 Å². The van der Waals surface area contributed by atoms with Crippen LogP contribution in [0.1, 0.15) is 41.1 Å². The molecule has 1 amide bonds. The minimum absolute atomic E-state index is 0.112. The topological polar surface area (TPSA) is 62.2 Å². The molecular formula is C29H26Cl2FN5OS. The number of aryl methyl sites for hydroxylation is 1. The van der Waals surface area contributed by atoms with Crippen molar-refractivity contribution in [3.8, 4) is 5.69 Å². The Morgan fingerprint density at radius 3 is 2.62 bits per heavy atom. The number of amides is 1. The SMILES string of the molecule is Cc1cc([C@H]2[C@@H](c3ccccn3)NC(=S)N2CCC(=O)Nc2ccccc2F)c(C)n1-c1cccc(Cl)c1Cl. The number of para-hydroxylation sites is 1. The van der Waals surface area contributed by atoms with Gasteiger partial charge >= 0.3 is 0 Å². The highest BCUT2D eigenvalue weighted by Crippen LogP contribution is 2.42. The van der Waals surface area contributed by atoms with Crippen LogP contribution in [0.3, 0.4) is 0 Å². The summed E-state index contributed by atoms with van der Waals surface area (Å²) in [6, 6.07) is 19.0. The normalized spacial score (nSPS) is 16.8. The van der Waals surface area contributed by atoms with Gasteiger partial charge in [0, 0.05) is 30.6 Å². The van der Waals surface area contributed by atoms with E-state index < -0.39 is 5.82 Å². The average Bonchev–Trinajstić information content (AvgIpc) is 3.40. The second-order valence-corrected chi connectivity index (χ2v) is 10.5. The summed E-state index contributed by atoms with van der Waals surface area (Å²) in [5, 5.41) is 7.53. The van der Waals surface area contributed by atoms with E-state index in [0.29, 0.717) is 21.7 Å². The molecule has 6 nitrogen and oxygen atoms in total. The molecule has 5 rings (SSSR count). The van der Waals surface area contributed by atoms with Crippen molar-refractivity contribution in [3.05, 3.63) is 111 Å². The molecule has 1 aliphatic heterocycles.